The van der Waals surface area contributed by atoms with E-state index in [9.17, 15) is 4.79 Å². The number of methoxy groups -OCH3 is 1. The fourth-order valence-electron chi connectivity index (χ4n) is 3.09. The normalized spacial score (nSPS) is 12.5. The zero-order chi connectivity index (χ0) is 19.1. The number of likely N-dealkylation sites (N-methyl/N-ethyl adjacent to an activating group) is 1. The molecule has 5 nitrogen and oxygen atoms in total. The number of rotatable bonds is 8. The molecular weight excluding hydrogens is 342 g/mol. The molecule has 1 aliphatic heterocycles. The zero-order valence-corrected chi connectivity index (χ0v) is 16.1. The van der Waals surface area contributed by atoms with E-state index < -0.39 is 0 Å². The Balaban J connectivity index is 1.40. The Bertz CT molecular complexity index is 757. The van der Waals surface area contributed by atoms with Gasteiger partial charge in [0, 0.05) is 20.0 Å². The van der Waals surface area contributed by atoms with E-state index in [2.05, 4.69) is 0 Å². The van der Waals surface area contributed by atoms with Gasteiger partial charge in [-0.1, -0.05) is 18.2 Å². The molecule has 0 unspecified atom stereocenters. The second-order valence-corrected chi connectivity index (χ2v) is 6.74. The average molecular weight is 369 g/mol. The van der Waals surface area contributed by atoms with E-state index in [4.69, 9.17) is 14.2 Å². The van der Waals surface area contributed by atoms with E-state index in [1.165, 1.54) is 11.1 Å². The van der Waals surface area contributed by atoms with E-state index in [-0.39, 0.29) is 5.91 Å². The number of carbonyl (C=O) groups is 1. The molecule has 1 amide bonds. The van der Waals surface area contributed by atoms with Crippen molar-refractivity contribution >= 4 is 5.91 Å². The van der Waals surface area contributed by atoms with E-state index in [1.807, 2.05) is 54.4 Å². The molecule has 0 aliphatic carbocycles. The summed E-state index contributed by atoms with van der Waals surface area (Å²) in [5.74, 6) is 2.64. The van der Waals surface area contributed by atoms with E-state index in [0.29, 0.717) is 19.6 Å². The van der Waals surface area contributed by atoms with Crippen molar-refractivity contribution in [1.82, 2.24) is 4.90 Å². The molecule has 2 aromatic carbocycles. The topological polar surface area (TPSA) is 48.0 Å². The van der Waals surface area contributed by atoms with Crippen molar-refractivity contribution in [3.63, 3.8) is 0 Å². The number of hydrogen-bond acceptors (Lipinski definition) is 4. The van der Waals surface area contributed by atoms with Crippen LogP contribution in [0.2, 0.25) is 0 Å². The van der Waals surface area contributed by atoms with E-state index >= 15 is 0 Å². The van der Waals surface area contributed by atoms with Gasteiger partial charge in [0.15, 0.2) is 11.5 Å². The number of carbonyl (C=O) groups excluding carboxylic acids is 1. The van der Waals surface area contributed by atoms with Crippen LogP contribution in [-0.2, 0) is 17.6 Å². The van der Waals surface area contributed by atoms with Gasteiger partial charge >= 0.3 is 0 Å². The van der Waals surface area contributed by atoms with Gasteiger partial charge in [0.1, 0.15) is 19.0 Å². The number of nitrogens with zero attached hydrogens (tertiary/aromatic N) is 1. The summed E-state index contributed by atoms with van der Waals surface area (Å²) in [6.07, 6.45) is 3.07. The fraction of sp³-hybridized carbons (Fsp3) is 0.409. The van der Waals surface area contributed by atoms with Crippen LogP contribution in [0.25, 0.3) is 0 Å². The van der Waals surface area contributed by atoms with Crippen LogP contribution < -0.4 is 14.2 Å². The van der Waals surface area contributed by atoms with Crippen LogP contribution in [-0.4, -0.2) is 44.7 Å². The standard InChI is InChI=1S/C22H27NO4/c1-23(13-12-17-6-9-19(25-2)10-7-17)22(24)5-3-4-18-8-11-20-21(16-18)27-15-14-26-20/h6-11,16H,3-5,12-15H2,1-2H3. The SMILES string of the molecule is COc1ccc(CCN(C)C(=O)CCCc2ccc3c(c2)OCCO3)cc1. The average Bonchev–Trinajstić information content (AvgIpc) is 2.72. The number of aryl methyl sites for hydroxylation is 1. The highest BCUT2D eigenvalue weighted by Crippen LogP contribution is 2.31. The maximum atomic E-state index is 12.3. The van der Waals surface area contributed by atoms with Crippen LogP contribution in [0.3, 0.4) is 0 Å². The summed E-state index contributed by atoms with van der Waals surface area (Å²) in [5, 5.41) is 0. The van der Waals surface area contributed by atoms with Crippen LogP contribution in [0.4, 0.5) is 0 Å². The molecule has 27 heavy (non-hydrogen) atoms. The summed E-state index contributed by atoms with van der Waals surface area (Å²) in [5.41, 5.74) is 2.37. The maximum absolute atomic E-state index is 12.3. The molecular formula is C22H27NO4. The van der Waals surface area contributed by atoms with Crippen molar-refractivity contribution in [2.24, 2.45) is 0 Å². The molecule has 0 spiro atoms. The van der Waals surface area contributed by atoms with Gasteiger partial charge in [-0.2, -0.15) is 0 Å². The first-order valence-electron chi connectivity index (χ1n) is 9.41. The van der Waals surface area contributed by atoms with Crippen molar-refractivity contribution in [3.8, 4) is 17.2 Å². The number of hydrogen-bond donors (Lipinski definition) is 0. The van der Waals surface area contributed by atoms with Crippen molar-refractivity contribution in [1.29, 1.82) is 0 Å². The molecule has 0 saturated heterocycles. The summed E-state index contributed by atoms with van der Waals surface area (Å²) in [6.45, 7) is 1.91. The van der Waals surface area contributed by atoms with Crippen LogP contribution in [0.15, 0.2) is 42.5 Å². The van der Waals surface area contributed by atoms with Crippen LogP contribution >= 0.6 is 0 Å². The molecule has 0 saturated carbocycles. The lowest BCUT2D eigenvalue weighted by atomic mass is 10.1. The summed E-state index contributed by atoms with van der Waals surface area (Å²) in [6, 6.07) is 14.0. The number of fused-ring (bicyclic) bond motifs is 1. The molecule has 0 bridgehead atoms. The Labute approximate surface area is 160 Å². The molecule has 144 valence electrons. The highest BCUT2D eigenvalue weighted by molar-refractivity contribution is 5.75. The lowest BCUT2D eigenvalue weighted by Crippen LogP contribution is -2.28. The van der Waals surface area contributed by atoms with Crippen LogP contribution in [0, 0.1) is 0 Å². The zero-order valence-electron chi connectivity index (χ0n) is 16.1. The van der Waals surface area contributed by atoms with E-state index in [0.717, 1.165) is 43.1 Å². The highest BCUT2D eigenvalue weighted by atomic mass is 16.6. The number of ether oxygens (including phenoxy) is 3. The quantitative estimate of drug-likeness (QED) is 0.715. The summed E-state index contributed by atoms with van der Waals surface area (Å²) >= 11 is 0. The molecule has 0 atom stereocenters. The first-order chi connectivity index (χ1) is 13.2. The minimum Gasteiger partial charge on any atom is -0.497 e. The predicted octanol–water partition coefficient (Wildman–Crippen LogP) is 3.49. The predicted molar refractivity (Wildman–Crippen MR) is 105 cm³/mol. The molecule has 1 aliphatic rings. The Hall–Kier alpha value is -2.69. The monoisotopic (exact) mass is 369 g/mol. The van der Waals surface area contributed by atoms with Crippen molar-refractivity contribution in [2.75, 3.05) is 33.9 Å². The number of amides is 1. The van der Waals surface area contributed by atoms with Crippen molar-refractivity contribution in [3.05, 3.63) is 53.6 Å². The van der Waals surface area contributed by atoms with Gasteiger partial charge in [-0.25, -0.2) is 0 Å². The van der Waals surface area contributed by atoms with Gasteiger partial charge in [0.25, 0.3) is 0 Å². The van der Waals surface area contributed by atoms with Crippen molar-refractivity contribution < 1.29 is 19.0 Å². The third-order valence-electron chi connectivity index (χ3n) is 4.78. The first kappa shape index (κ1) is 19.1. The van der Waals surface area contributed by atoms with Crippen LogP contribution in [0.5, 0.6) is 17.2 Å². The van der Waals surface area contributed by atoms with Gasteiger partial charge in [-0.3, -0.25) is 4.79 Å². The third kappa shape index (κ3) is 5.39. The fourth-order valence-corrected chi connectivity index (χ4v) is 3.09. The summed E-state index contributed by atoms with van der Waals surface area (Å²) < 4.78 is 16.3. The molecule has 0 fully saturated rings. The van der Waals surface area contributed by atoms with Gasteiger partial charge in [-0.15, -0.1) is 0 Å². The van der Waals surface area contributed by atoms with Gasteiger partial charge < -0.3 is 19.1 Å². The Morgan fingerprint density at radius 1 is 1.00 bits per heavy atom. The Morgan fingerprint density at radius 3 is 2.44 bits per heavy atom. The first-order valence-corrected chi connectivity index (χ1v) is 9.41. The molecule has 0 aromatic heterocycles. The van der Waals surface area contributed by atoms with E-state index in [1.54, 1.807) is 7.11 Å². The second kappa shape index (κ2) is 9.31. The van der Waals surface area contributed by atoms with Crippen LogP contribution in [0.1, 0.15) is 24.0 Å². The lowest BCUT2D eigenvalue weighted by molar-refractivity contribution is -0.129. The summed E-state index contributed by atoms with van der Waals surface area (Å²) in [4.78, 5) is 14.2. The van der Waals surface area contributed by atoms with Gasteiger partial charge in [-0.05, 0) is 54.7 Å². The molecule has 3 rings (SSSR count). The molecule has 1 heterocycles. The lowest BCUT2D eigenvalue weighted by Gasteiger charge is -2.19. The molecule has 0 N–H and O–H groups in total. The minimum absolute atomic E-state index is 0.182. The van der Waals surface area contributed by atoms with Gasteiger partial charge in [0.2, 0.25) is 5.91 Å². The molecule has 0 radical (unpaired) electrons. The van der Waals surface area contributed by atoms with Gasteiger partial charge in [0.05, 0.1) is 7.11 Å². The number of benzene rings is 2. The minimum atomic E-state index is 0.182. The largest absolute Gasteiger partial charge is 0.497 e. The highest BCUT2D eigenvalue weighted by Gasteiger charge is 2.13. The summed E-state index contributed by atoms with van der Waals surface area (Å²) in [7, 11) is 3.53. The second-order valence-electron chi connectivity index (χ2n) is 6.74. The Morgan fingerprint density at radius 2 is 1.70 bits per heavy atom. The third-order valence-corrected chi connectivity index (χ3v) is 4.78. The molecule has 5 heteroatoms. The Kier molecular flexibility index (Phi) is 6.58. The maximum Gasteiger partial charge on any atom is 0.222 e. The molecule has 2 aromatic rings. The smallest absolute Gasteiger partial charge is 0.222 e. The van der Waals surface area contributed by atoms with Crippen molar-refractivity contribution in [2.45, 2.75) is 25.7 Å².